The summed E-state index contributed by atoms with van der Waals surface area (Å²) in [7, 11) is 0. The molecule has 1 saturated heterocycles. The third-order valence-corrected chi connectivity index (χ3v) is 3.52. The summed E-state index contributed by atoms with van der Waals surface area (Å²) in [6, 6.07) is 7.78. The van der Waals surface area contributed by atoms with Gasteiger partial charge in [-0.2, -0.15) is 4.98 Å². The van der Waals surface area contributed by atoms with Crippen molar-refractivity contribution in [2.24, 2.45) is 0 Å². The molecule has 0 bridgehead atoms. The maximum Gasteiger partial charge on any atom is 0.231 e. The van der Waals surface area contributed by atoms with Crippen LogP contribution in [0, 0.1) is 0 Å². The Labute approximate surface area is 118 Å². The van der Waals surface area contributed by atoms with E-state index in [9.17, 15) is 0 Å². The summed E-state index contributed by atoms with van der Waals surface area (Å²) in [5.41, 5.74) is 0.883. The number of rotatable bonds is 4. The van der Waals surface area contributed by atoms with Crippen molar-refractivity contribution >= 4 is 0 Å². The Bertz CT molecular complexity index is 562. The first-order valence-corrected chi connectivity index (χ1v) is 7.15. The average Bonchev–Trinajstić information content (AvgIpc) is 2.99. The zero-order valence-corrected chi connectivity index (χ0v) is 11.6. The fourth-order valence-electron chi connectivity index (χ4n) is 2.51. The maximum atomic E-state index is 5.61. The van der Waals surface area contributed by atoms with E-state index in [0.717, 1.165) is 43.1 Å². The predicted molar refractivity (Wildman–Crippen MR) is 75.7 cm³/mol. The number of nitrogens with one attached hydrogen (secondary N) is 1. The largest absolute Gasteiger partial charge is 0.493 e. The topological polar surface area (TPSA) is 60.2 Å². The van der Waals surface area contributed by atoms with Gasteiger partial charge in [-0.25, -0.2) is 0 Å². The summed E-state index contributed by atoms with van der Waals surface area (Å²) >= 11 is 0. The third-order valence-electron chi connectivity index (χ3n) is 3.52. The number of nitrogens with zero attached hydrogens (tertiary/aromatic N) is 2. The van der Waals surface area contributed by atoms with Crippen molar-refractivity contribution < 1.29 is 9.26 Å². The first-order chi connectivity index (χ1) is 9.88. The molecular formula is C15H19N3O2. The van der Waals surface area contributed by atoms with Crippen LogP contribution in [0.25, 0.3) is 11.4 Å². The van der Waals surface area contributed by atoms with Crippen molar-refractivity contribution in [3.63, 3.8) is 0 Å². The number of ether oxygens (including phenoxy) is 1. The molecule has 1 atom stereocenters. The maximum absolute atomic E-state index is 5.61. The van der Waals surface area contributed by atoms with Crippen LogP contribution in [-0.4, -0.2) is 29.8 Å². The minimum Gasteiger partial charge on any atom is -0.493 e. The fraction of sp³-hybridized carbons (Fsp3) is 0.467. The van der Waals surface area contributed by atoms with Crippen LogP contribution in [-0.2, 0) is 0 Å². The van der Waals surface area contributed by atoms with Crippen LogP contribution in [0.4, 0.5) is 0 Å². The van der Waals surface area contributed by atoms with Crippen LogP contribution in [0.1, 0.15) is 31.6 Å². The highest BCUT2D eigenvalue weighted by Crippen LogP contribution is 2.29. The minimum absolute atomic E-state index is 0.323. The van der Waals surface area contributed by atoms with Gasteiger partial charge in [0.2, 0.25) is 11.7 Å². The molecule has 0 aliphatic carbocycles. The molecule has 1 unspecified atom stereocenters. The van der Waals surface area contributed by atoms with E-state index in [1.807, 2.05) is 31.2 Å². The molecule has 1 N–H and O–H groups in total. The van der Waals surface area contributed by atoms with Crippen LogP contribution in [0.5, 0.6) is 5.75 Å². The number of hydrogen-bond donors (Lipinski definition) is 1. The van der Waals surface area contributed by atoms with Gasteiger partial charge in [0.25, 0.3) is 0 Å². The van der Waals surface area contributed by atoms with Crippen LogP contribution in [0.15, 0.2) is 28.8 Å². The van der Waals surface area contributed by atoms with Gasteiger partial charge in [-0.05, 0) is 38.4 Å². The van der Waals surface area contributed by atoms with Gasteiger partial charge >= 0.3 is 0 Å². The van der Waals surface area contributed by atoms with Gasteiger partial charge < -0.3 is 14.6 Å². The number of piperidine rings is 1. The lowest BCUT2D eigenvalue weighted by atomic mass is 10.00. The minimum atomic E-state index is 0.323. The molecule has 2 aromatic rings. The van der Waals surface area contributed by atoms with E-state index in [2.05, 4.69) is 15.5 Å². The molecule has 106 valence electrons. The highest BCUT2D eigenvalue weighted by molar-refractivity contribution is 5.63. The lowest BCUT2D eigenvalue weighted by molar-refractivity contribution is 0.322. The smallest absolute Gasteiger partial charge is 0.231 e. The molecule has 1 aromatic heterocycles. The second-order valence-electron chi connectivity index (χ2n) is 4.93. The Morgan fingerprint density at radius 1 is 1.40 bits per heavy atom. The first kappa shape index (κ1) is 13.1. The van der Waals surface area contributed by atoms with Crippen LogP contribution in [0.3, 0.4) is 0 Å². The molecule has 1 fully saturated rings. The zero-order valence-electron chi connectivity index (χ0n) is 11.6. The Balaban J connectivity index is 1.86. The lowest BCUT2D eigenvalue weighted by Crippen LogP contribution is -2.28. The SMILES string of the molecule is CCOc1ccccc1-c1noc(C2CCCNC2)n1. The van der Waals surface area contributed by atoms with Gasteiger partial charge in [0.1, 0.15) is 5.75 Å². The van der Waals surface area contributed by atoms with Gasteiger partial charge in [0, 0.05) is 6.54 Å². The first-order valence-electron chi connectivity index (χ1n) is 7.15. The summed E-state index contributed by atoms with van der Waals surface area (Å²) in [6.07, 6.45) is 2.25. The highest BCUT2D eigenvalue weighted by atomic mass is 16.5. The van der Waals surface area contributed by atoms with Crippen molar-refractivity contribution in [1.29, 1.82) is 0 Å². The standard InChI is InChI=1S/C15H19N3O2/c1-2-19-13-8-4-3-7-12(13)14-17-15(20-18-14)11-6-5-9-16-10-11/h3-4,7-8,11,16H,2,5-6,9-10H2,1H3. The van der Waals surface area contributed by atoms with E-state index < -0.39 is 0 Å². The number of benzene rings is 1. The second-order valence-corrected chi connectivity index (χ2v) is 4.93. The van der Waals surface area contributed by atoms with Crippen molar-refractivity contribution in [1.82, 2.24) is 15.5 Å². The van der Waals surface area contributed by atoms with Gasteiger partial charge in [0.05, 0.1) is 18.1 Å². The summed E-state index contributed by atoms with van der Waals surface area (Å²) in [6.45, 7) is 4.57. The fourth-order valence-corrected chi connectivity index (χ4v) is 2.51. The van der Waals surface area contributed by atoms with Crippen molar-refractivity contribution in [2.75, 3.05) is 19.7 Å². The molecule has 0 spiro atoms. The zero-order chi connectivity index (χ0) is 13.8. The van der Waals surface area contributed by atoms with E-state index in [-0.39, 0.29) is 0 Å². The van der Waals surface area contributed by atoms with Crippen LogP contribution < -0.4 is 10.1 Å². The Morgan fingerprint density at radius 3 is 3.10 bits per heavy atom. The Morgan fingerprint density at radius 2 is 2.30 bits per heavy atom. The molecule has 3 rings (SSSR count). The normalized spacial score (nSPS) is 18.9. The molecule has 1 aliphatic heterocycles. The van der Waals surface area contributed by atoms with Crippen molar-refractivity contribution in [2.45, 2.75) is 25.7 Å². The lowest BCUT2D eigenvalue weighted by Gasteiger charge is -2.18. The summed E-state index contributed by atoms with van der Waals surface area (Å²) in [5.74, 6) is 2.45. The molecule has 2 heterocycles. The number of aromatic nitrogens is 2. The molecule has 20 heavy (non-hydrogen) atoms. The van der Waals surface area contributed by atoms with Gasteiger partial charge in [-0.3, -0.25) is 0 Å². The second kappa shape index (κ2) is 6.05. The molecule has 5 nitrogen and oxygen atoms in total. The van der Waals surface area contributed by atoms with E-state index in [1.165, 1.54) is 0 Å². The predicted octanol–water partition coefficient (Wildman–Crippen LogP) is 2.60. The van der Waals surface area contributed by atoms with Crippen molar-refractivity contribution in [3.8, 4) is 17.1 Å². The highest BCUT2D eigenvalue weighted by Gasteiger charge is 2.22. The van der Waals surface area contributed by atoms with E-state index >= 15 is 0 Å². The quantitative estimate of drug-likeness (QED) is 0.927. The van der Waals surface area contributed by atoms with E-state index in [4.69, 9.17) is 9.26 Å². The molecule has 0 saturated carbocycles. The summed E-state index contributed by atoms with van der Waals surface area (Å²) < 4.78 is 11.0. The molecule has 1 aromatic carbocycles. The monoisotopic (exact) mass is 273 g/mol. The van der Waals surface area contributed by atoms with Crippen LogP contribution in [0.2, 0.25) is 0 Å². The van der Waals surface area contributed by atoms with E-state index in [0.29, 0.717) is 18.3 Å². The third kappa shape index (κ3) is 2.67. The molecular weight excluding hydrogens is 254 g/mol. The Hall–Kier alpha value is -1.88. The summed E-state index contributed by atoms with van der Waals surface area (Å²) in [5, 5.41) is 7.47. The van der Waals surface area contributed by atoms with Crippen molar-refractivity contribution in [3.05, 3.63) is 30.2 Å². The average molecular weight is 273 g/mol. The molecule has 0 radical (unpaired) electrons. The van der Waals surface area contributed by atoms with Crippen LogP contribution >= 0.6 is 0 Å². The Kier molecular flexibility index (Phi) is 3.97. The summed E-state index contributed by atoms with van der Waals surface area (Å²) in [4.78, 5) is 4.55. The van der Waals surface area contributed by atoms with E-state index in [1.54, 1.807) is 0 Å². The molecule has 5 heteroatoms. The van der Waals surface area contributed by atoms with Gasteiger partial charge in [0.15, 0.2) is 0 Å². The number of hydrogen-bond acceptors (Lipinski definition) is 5. The molecule has 0 amide bonds. The number of para-hydroxylation sites is 1. The van der Waals surface area contributed by atoms with Gasteiger partial charge in [-0.1, -0.05) is 17.3 Å². The van der Waals surface area contributed by atoms with Gasteiger partial charge in [-0.15, -0.1) is 0 Å². The molecule has 1 aliphatic rings.